The van der Waals surface area contributed by atoms with Gasteiger partial charge in [0.1, 0.15) is 0 Å². The molecule has 0 saturated carbocycles. The summed E-state index contributed by atoms with van der Waals surface area (Å²) < 4.78 is 11.3. The van der Waals surface area contributed by atoms with Crippen LogP contribution in [-0.2, 0) is 15.6 Å². The van der Waals surface area contributed by atoms with E-state index in [1.165, 1.54) is 0 Å². The first-order valence-electron chi connectivity index (χ1n) is 7.20. The summed E-state index contributed by atoms with van der Waals surface area (Å²) in [5, 5.41) is 11.9. The van der Waals surface area contributed by atoms with Gasteiger partial charge in [-0.3, -0.25) is 9.00 Å². The third-order valence-electron chi connectivity index (χ3n) is 4.01. The van der Waals surface area contributed by atoms with Crippen molar-refractivity contribution in [1.82, 2.24) is 10.2 Å². The first-order valence-corrected chi connectivity index (χ1v) is 8.69. The zero-order valence-electron chi connectivity index (χ0n) is 11.5. The number of likely N-dealkylation sites (tertiary alicyclic amines) is 1. The van der Waals surface area contributed by atoms with Crippen molar-refractivity contribution in [3.63, 3.8) is 0 Å². The molecule has 2 fully saturated rings. The van der Waals surface area contributed by atoms with Gasteiger partial charge < -0.3 is 15.3 Å². The van der Waals surface area contributed by atoms with Crippen LogP contribution in [0.5, 0.6) is 0 Å². The van der Waals surface area contributed by atoms with Gasteiger partial charge >= 0.3 is 12.0 Å². The summed E-state index contributed by atoms with van der Waals surface area (Å²) in [7, 11) is -0.738. The van der Waals surface area contributed by atoms with Crippen molar-refractivity contribution in [3.8, 4) is 0 Å². The van der Waals surface area contributed by atoms with Gasteiger partial charge in [0.15, 0.2) is 0 Å². The predicted octanol–water partition coefficient (Wildman–Crippen LogP) is 0.936. The van der Waals surface area contributed by atoms with E-state index in [0.717, 1.165) is 32.1 Å². The van der Waals surface area contributed by atoms with E-state index < -0.39 is 16.8 Å². The van der Waals surface area contributed by atoms with Gasteiger partial charge in [0.2, 0.25) is 0 Å². The number of hydrogen-bond acceptors (Lipinski definition) is 3. The fourth-order valence-electron chi connectivity index (χ4n) is 2.88. The molecule has 0 aromatic rings. The summed E-state index contributed by atoms with van der Waals surface area (Å²) in [4.78, 5) is 24.8. The largest absolute Gasteiger partial charge is 0.481 e. The van der Waals surface area contributed by atoms with Gasteiger partial charge in [0.05, 0.1) is 6.42 Å². The minimum absolute atomic E-state index is 0.0160. The van der Waals surface area contributed by atoms with Gasteiger partial charge in [-0.05, 0) is 32.1 Å². The Bertz CT molecular complexity index is 392. The number of amides is 2. The third kappa shape index (κ3) is 4.19. The average Bonchev–Trinajstić information content (AvgIpc) is 2.41. The summed E-state index contributed by atoms with van der Waals surface area (Å²) in [6.45, 7) is 0.627. The zero-order valence-corrected chi connectivity index (χ0v) is 12.4. The number of carbonyl (C=O) groups excluding carboxylic acids is 1. The lowest BCUT2D eigenvalue weighted by Crippen LogP contribution is -2.52. The van der Waals surface area contributed by atoms with Crippen LogP contribution in [0.15, 0.2) is 0 Å². The predicted molar refractivity (Wildman–Crippen MR) is 76.0 cm³/mol. The molecule has 2 heterocycles. The molecule has 20 heavy (non-hydrogen) atoms. The number of nitrogens with zero attached hydrogens (tertiary/aromatic N) is 1. The lowest BCUT2D eigenvalue weighted by Gasteiger charge is -2.36. The topological polar surface area (TPSA) is 86.7 Å². The molecule has 1 atom stereocenters. The van der Waals surface area contributed by atoms with Crippen molar-refractivity contribution < 1.29 is 18.9 Å². The van der Waals surface area contributed by atoms with Crippen LogP contribution in [0.3, 0.4) is 0 Å². The van der Waals surface area contributed by atoms with Gasteiger partial charge in [0.25, 0.3) is 0 Å². The van der Waals surface area contributed by atoms with Crippen molar-refractivity contribution in [3.05, 3.63) is 0 Å². The van der Waals surface area contributed by atoms with E-state index in [0.29, 0.717) is 18.1 Å². The molecule has 0 aliphatic carbocycles. The number of carboxylic acids is 1. The number of rotatable bonds is 3. The molecule has 114 valence electrons. The fraction of sp³-hybridized carbons (Fsp3) is 0.846. The molecule has 0 spiro atoms. The number of aliphatic carboxylic acids is 1. The van der Waals surface area contributed by atoms with Crippen molar-refractivity contribution in [2.24, 2.45) is 0 Å². The Morgan fingerprint density at radius 1 is 1.20 bits per heavy atom. The van der Waals surface area contributed by atoms with E-state index >= 15 is 0 Å². The number of piperidine rings is 1. The number of urea groups is 1. The number of hydrogen-bond donors (Lipinski definition) is 2. The minimum Gasteiger partial charge on any atom is -0.481 e. The Hall–Kier alpha value is -1.11. The van der Waals surface area contributed by atoms with Gasteiger partial charge in [-0.15, -0.1) is 0 Å². The van der Waals surface area contributed by atoms with Crippen LogP contribution in [0.1, 0.15) is 38.5 Å². The Balaban J connectivity index is 1.88. The molecule has 7 heteroatoms. The second-order valence-electron chi connectivity index (χ2n) is 5.51. The second-order valence-corrected chi connectivity index (χ2v) is 7.21. The Morgan fingerprint density at radius 3 is 2.55 bits per heavy atom. The van der Waals surface area contributed by atoms with Crippen LogP contribution in [0.25, 0.3) is 0 Å². The molecule has 1 unspecified atom stereocenters. The average molecular weight is 302 g/mol. The molecular formula is C13H22N2O4S. The quantitative estimate of drug-likeness (QED) is 0.812. The van der Waals surface area contributed by atoms with E-state index in [4.69, 9.17) is 5.11 Å². The summed E-state index contributed by atoms with van der Waals surface area (Å²) in [6, 6.07) is -0.278. The van der Waals surface area contributed by atoms with Crippen LogP contribution in [0, 0.1) is 0 Å². The lowest BCUT2D eigenvalue weighted by atomic mass is 10.00. The van der Waals surface area contributed by atoms with Crippen LogP contribution in [-0.4, -0.2) is 56.3 Å². The standard InChI is InChI=1S/C13H22N2O4S/c16-12(17)9-11-3-1-2-6-15(11)13(18)14-10-4-7-20(19)8-5-10/h10-11H,1-9H2,(H,14,18)(H,16,17). The molecule has 0 radical (unpaired) electrons. The van der Waals surface area contributed by atoms with E-state index in [9.17, 15) is 13.8 Å². The normalized spacial score (nSPS) is 30.8. The Labute approximate surface area is 121 Å². The molecule has 0 aromatic heterocycles. The molecule has 0 bridgehead atoms. The lowest BCUT2D eigenvalue weighted by molar-refractivity contribution is -0.138. The van der Waals surface area contributed by atoms with Crippen LogP contribution in [0.4, 0.5) is 4.79 Å². The molecule has 6 nitrogen and oxygen atoms in total. The van der Waals surface area contributed by atoms with Crippen molar-refractivity contribution in [2.45, 2.75) is 50.6 Å². The van der Waals surface area contributed by atoms with Crippen LogP contribution >= 0.6 is 0 Å². The van der Waals surface area contributed by atoms with Crippen molar-refractivity contribution in [2.75, 3.05) is 18.1 Å². The summed E-state index contributed by atoms with van der Waals surface area (Å²) in [5.74, 6) is 0.426. The maximum absolute atomic E-state index is 12.3. The van der Waals surface area contributed by atoms with Gasteiger partial charge in [0, 0.05) is 40.9 Å². The number of nitrogens with one attached hydrogen (secondary N) is 1. The smallest absolute Gasteiger partial charge is 0.317 e. The highest BCUT2D eigenvalue weighted by Gasteiger charge is 2.30. The summed E-state index contributed by atoms with van der Waals surface area (Å²) in [6.07, 6.45) is 4.17. The summed E-state index contributed by atoms with van der Waals surface area (Å²) >= 11 is 0. The fourth-order valence-corrected chi connectivity index (χ4v) is 4.18. The molecule has 2 amide bonds. The highest BCUT2D eigenvalue weighted by Crippen LogP contribution is 2.20. The van der Waals surface area contributed by atoms with Crippen molar-refractivity contribution in [1.29, 1.82) is 0 Å². The van der Waals surface area contributed by atoms with E-state index in [-0.39, 0.29) is 24.5 Å². The monoisotopic (exact) mass is 302 g/mol. The van der Waals surface area contributed by atoms with Gasteiger partial charge in [-0.1, -0.05) is 0 Å². The molecule has 2 rings (SSSR count). The second kappa shape index (κ2) is 7.06. The first-order chi connectivity index (χ1) is 9.56. The number of carboxylic acid groups (broad SMARTS) is 1. The Kier molecular flexibility index (Phi) is 5.39. The zero-order chi connectivity index (χ0) is 14.5. The molecule has 0 aromatic carbocycles. The van der Waals surface area contributed by atoms with Crippen LogP contribution in [0.2, 0.25) is 0 Å². The van der Waals surface area contributed by atoms with Gasteiger partial charge in [-0.2, -0.15) is 0 Å². The Morgan fingerprint density at radius 2 is 1.90 bits per heavy atom. The maximum atomic E-state index is 12.3. The molecule has 2 aliphatic rings. The molecule has 2 saturated heterocycles. The molecular weight excluding hydrogens is 280 g/mol. The van der Waals surface area contributed by atoms with Crippen LogP contribution < -0.4 is 5.32 Å². The molecule has 2 N–H and O–H groups in total. The third-order valence-corrected chi connectivity index (χ3v) is 5.40. The minimum atomic E-state index is -0.859. The number of carbonyl (C=O) groups is 2. The van der Waals surface area contributed by atoms with E-state index in [2.05, 4.69) is 5.32 Å². The van der Waals surface area contributed by atoms with Crippen molar-refractivity contribution >= 4 is 22.8 Å². The van der Waals surface area contributed by atoms with Gasteiger partial charge in [-0.25, -0.2) is 4.79 Å². The highest BCUT2D eigenvalue weighted by atomic mass is 32.2. The molecule has 2 aliphatic heterocycles. The maximum Gasteiger partial charge on any atom is 0.317 e. The first kappa shape index (κ1) is 15.3. The SMILES string of the molecule is O=C(O)CC1CCCCN1C(=O)NC1CCS(=O)CC1. The summed E-state index contributed by atoms with van der Waals surface area (Å²) in [5.41, 5.74) is 0. The van der Waals surface area contributed by atoms with E-state index in [1.807, 2.05) is 0 Å². The highest BCUT2D eigenvalue weighted by molar-refractivity contribution is 7.85. The van der Waals surface area contributed by atoms with E-state index in [1.54, 1.807) is 4.90 Å².